The van der Waals surface area contributed by atoms with Gasteiger partial charge < -0.3 is 4.74 Å². The Labute approximate surface area is 114 Å². The van der Waals surface area contributed by atoms with Gasteiger partial charge in [0.2, 0.25) is 0 Å². The Kier molecular flexibility index (Phi) is 4.77. The van der Waals surface area contributed by atoms with Gasteiger partial charge in [0.25, 0.3) is 0 Å². The number of hydrogen-bond acceptors (Lipinski definition) is 3. The second-order valence-electron chi connectivity index (χ2n) is 4.40. The van der Waals surface area contributed by atoms with Crippen LogP contribution in [0.25, 0.3) is 0 Å². The minimum atomic E-state index is -0.547. The number of ether oxygens (including phenoxy) is 1. The predicted molar refractivity (Wildman–Crippen MR) is 71.7 cm³/mol. The van der Waals surface area contributed by atoms with Crippen LogP contribution in [0.5, 0.6) is 0 Å². The molecule has 0 fully saturated rings. The molecule has 17 heavy (non-hydrogen) atoms. The van der Waals surface area contributed by atoms with E-state index in [0.29, 0.717) is 16.3 Å². The maximum absolute atomic E-state index is 11.6. The lowest BCUT2D eigenvalue weighted by Gasteiger charge is -2.20. The number of halogens is 2. The Morgan fingerprint density at radius 3 is 2.71 bits per heavy atom. The van der Waals surface area contributed by atoms with Gasteiger partial charge >= 0.3 is 6.09 Å². The Balaban J connectivity index is 2.80. The number of carbonyl (C=O) groups is 1. The topological polar surface area (TPSA) is 51.2 Å². The lowest BCUT2D eigenvalue weighted by atomic mass is 10.2. The van der Waals surface area contributed by atoms with Crippen LogP contribution < -0.4 is 5.32 Å². The molecule has 0 atom stereocenters. The first kappa shape index (κ1) is 14.3. The number of rotatable bonds is 2. The van der Waals surface area contributed by atoms with E-state index in [1.165, 1.54) is 0 Å². The zero-order valence-electron chi connectivity index (χ0n) is 9.88. The minimum Gasteiger partial charge on any atom is -0.444 e. The molecular weight excluding hydrogens is 307 g/mol. The number of carbonyl (C=O) groups excluding carboxylic acids is 1. The van der Waals surface area contributed by atoms with Gasteiger partial charge in [-0.2, -0.15) is 0 Å². The van der Waals surface area contributed by atoms with Crippen molar-refractivity contribution in [1.29, 1.82) is 0 Å². The lowest BCUT2D eigenvalue weighted by Crippen LogP contribution is -2.27. The zero-order chi connectivity index (χ0) is 13.1. The van der Waals surface area contributed by atoms with Gasteiger partial charge in [0.05, 0.1) is 0 Å². The summed E-state index contributed by atoms with van der Waals surface area (Å²) in [6, 6.07) is 3.45. The van der Waals surface area contributed by atoms with Crippen LogP contribution in [0, 0.1) is 0 Å². The maximum Gasteiger partial charge on any atom is 0.413 e. The average Bonchev–Trinajstić information content (AvgIpc) is 2.14. The molecule has 0 aliphatic heterocycles. The fourth-order valence-corrected chi connectivity index (χ4v) is 1.68. The van der Waals surface area contributed by atoms with Crippen molar-refractivity contribution in [2.75, 3.05) is 5.32 Å². The van der Waals surface area contributed by atoms with Crippen LogP contribution in [-0.2, 0) is 10.1 Å². The Hall–Kier alpha value is -0.810. The van der Waals surface area contributed by atoms with Gasteiger partial charge in [0.1, 0.15) is 16.6 Å². The van der Waals surface area contributed by atoms with Crippen molar-refractivity contribution in [3.8, 4) is 0 Å². The third-order valence-corrected chi connectivity index (χ3v) is 2.52. The van der Waals surface area contributed by atoms with E-state index in [0.717, 1.165) is 5.56 Å². The first-order chi connectivity index (χ1) is 7.81. The molecular formula is C11H14BrClN2O2. The normalized spacial score (nSPS) is 11.1. The Morgan fingerprint density at radius 2 is 2.18 bits per heavy atom. The fourth-order valence-electron chi connectivity index (χ4n) is 1.08. The van der Waals surface area contributed by atoms with Crippen molar-refractivity contribution in [2.45, 2.75) is 31.7 Å². The van der Waals surface area contributed by atoms with Crippen LogP contribution in [0.3, 0.4) is 0 Å². The summed E-state index contributed by atoms with van der Waals surface area (Å²) in [6.07, 6.45) is -0.547. The van der Waals surface area contributed by atoms with E-state index in [-0.39, 0.29) is 0 Å². The van der Waals surface area contributed by atoms with Crippen LogP contribution in [0.2, 0.25) is 5.15 Å². The van der Waals surface area contributed by atoms with Crippen LogP contribution in [0.4, 0.5) is 10.6 Å². The largest absolute Gasteiger partial charge is 0.444 e. The highest BCUT2D eigenvalue weighted by molar-refractivity contribution is 9.08. The number of amides is 1. The molecule has 1 rings (SSSR count). The first-order valence-electron chi connectivity index (χ1n) is 5.03. The monoisotopic (exact) mass is 320 g/mol. The van der Waals surface area contributed by atoms with Crippen molar-refractivity contribution in [1.82, 2.24) is 4.98 Å². The summed E-state index contributed by atoms with van der Waals surface area (Å²) < 4.78 is 5.13. The zero-order valence-corrected chi connectivity index (χ0v) is 12.2. The molecule has 1 N–H and O–H groups in total. The third-order valence-electron chi connectivity index (χ3n) is 1.71. The SMILES string of the molecule is CC(C)(C)OC(=O)Nc1nc(Cl)ccc1CBr. The van der Waals surface area contributed by atoms with Gasteiger partial charge in [-0.15, -0.1) is 0 Å². The number of hydrogen-bond donors (Lipinski definition) is 1. The number of nitrogens with one attached hydrogen (secondary N) is 1. The summed E-state index contributed by atoms with van der Waals surface area (Å²) in [6.45, 7) is 5.39. The molecule has 0 aromatic carbocycles. The molecule has 0 saturated heterocycles. The second-order valence-corrected chi connectivity index (χ2v) is 5.35. The van der Waals surface area contributed by atoms with Gasteiger partial charge in [-0.3, -0.25) is 5.32 Å². The van der Waals surface area contributed by atoms with E-state index in [1.807, 2.05) is 0 Å². The highest BCUT2D eigenvalue weighted by Crippen LogP contribution is 2.20. The molecule has 0 spiro atoms. The van der Waals surface area contributed by atoms with E-state index in [4.69, 9.17) is 16.3 Å². The summed E-state index contributed by atoms with van der Waals surface area (Å²) in [4.78, 5) is 15.6. The molecule has 0 aliphatic rings. The molecule has 94 valence electrons. The first-order valence-corrected chi connectivity index (χ1v) is 6.53. The summed E-state index contributed by atoms with van der Waals surface area (Å²) in [7, 11) is 0. The van der Waals surface area contributed by atoms with Crippen molar-refractivity contribution >= 4 is 39.4 Å². The fraction of sp³-hybridized carbons (Fsp3) is 0.455. The molecule has 1 aromatic heterocycles. The molecule has 0 aliphatic carbocycles. The van der Waals surface area contributed by atoms with Gasteiger partial charge in [-0.1, -0.05) is 33.6 Å². The van der Waals surface area contributed by atoms with Crippen LogP contribution >= 0.6 is 27.5 Å². The van der Waals surface area contributed by atoms with Gasteiger partial charge in [0.15, 0.2) is 0 Å². The second kappa shape index (κ2) is 5.69. The number of anilines is 1. The van der Waals surface area contributed by atoms with Crippen molar-refractivity contribution in [3.05, 3.63) is 22.8 Å². The summed E-state index contributed by atoms with van der Waals surface area (Å²) in [5.74, 6) is 0.406. The van der Waals surface area contributed by atoms with Crippen molar-refractivity contribution in [2.24, 2.45) is 0 Å². The van der Waals surface area contributed by atoms with E-state index in [9.17, 15) is 4.79 Å². The summed E-state index contributed by atoms with van der Waals surface area (Å²) in [5, 5.41) is 3.46. The van der Waals surface area contributed by atoms with E-state index >= 15 is 0 Å². The summed E-state index contributed by atoms with van der Waals surface area (Å²) in [5.41, 5.74) is 0.289. The standard InChI is InChI=1S/C11H14BrClN2O2/c1-11(2,3)17-10(16)15-9-7(6-12)4-5-8(13)14-9/h4-5H,6H2,1-3H3,(H,14,15,16). The molecule has 1 aromatic rings. The Bertz CT molecular complexity index is 418. The third kappa shape index (κ3) is 4.91. The molecule has 4 nitrogen and oxygen atoms in total. The molecule has 0 unspecified atom stereocenters. The van der Waals surface area contributed by atoms with Crippen molar-refractivity contribution < 1.29 is 9.53 Å². The average molecular weight is 322 g/mol. The molecule has 1 heterocycles. The summed E-state index contributed by atoms with van der Waals surface area (Å²) >= 11 is 9.08. The van der Waals surface area contributed by atoms with E-state index < -0.39 is 11.7 Å². The Morgan fingerprint density at radius 1 is 1.53 bits per heavy atom. The van der Waals surface area contributed by atoms with Gasteiger partial charge in [0, 0.05) is 10.9 Å². The smallest absolute Gasteiger partial charge is 0.413 e. The lowest BCUT2D eigenvalue weighted by molar-refractivity contribution is 0.0635. The molecule has 0 radical (unpaired) electrons. The van der Waals surface area contributed by atoms with E-state index in [2.05, 4.69) is 26.2 Å². The molecule has 0 bridgehead atoms. The quantitative estimate of drug-likeness (QED) is 0.662. The maximum atomic E-state index is 11.6. The number of aromatic nitrogens is 1. The predicted octanol–water partition coefficient (Wildman–Crippen LogP) is 3.98. The van der Waals surface area contributed by atoms with E-state index in [1.54, 1.807) is 32.9 Å². The van der Waals surface area contributed by atoms with Gasteiger partial charge in [-0.25, -0.2) is 9.78 Å². The minimum absolute atomic E-state index is 0.320. The highest BCUT2D eigenvalue weighted by atomic mass is 79.9. The number of alkyl halides is 1. The van der Waals surface area contributed by atoms with Gasteiger partial charge in [-0.05, 0) is 26.8 Å². The van der Waals surface area contributed by atoms with Crippen LogP contribution in [0.15, 0.2) is 12.1 Å². The van der Waals surface area contributed by atoms with Crippen molar-refractivity contribution in [3.63, 3.8) is 0 Å². The molecule has 6 heteroatoms. The van der Waals surface area contributed by atoms with Crippen LogP contribution in [-0.4, -0.2) is 16.7 Å². The molecule has 1 amide bonds. The molecule has 0 saturated carbocycles. The number of nitrogens with zero attached hydrogens (tertiary/aromatic N) is 1. The number of pyridine rings is 1. The highest BCUT2D eigenvalue weighted by Gasteiger charge is 2.17. The van der Waals surface area contributed by atoms with Crippen LogP contribution in [0.1, 0.15) is 26.3 Å².